The second-order valence-corrected chi connectivity index (χ2v) is 6.16. The van der Waals surface area contributed by atoms with Gasteiger partial charge in [0.15, 0.2) is 10.7 Å². The van der Waals surface area contributed by atoms with Crippen molar-refractivity contribution in [3.63, 3.8) is 0 Å². The topological polar surface area (TPSA) is 67.0 Å². The number of rotatable bonds is 1. The van der Waals surface area contributed by atoms with Crippen LogP contribution in [0.5, 0.6) is 0 Å². The Morgan fingerprint density at radius 1 is 1.00 bits per heavy atom. The van der Waals surface area contributed by atoms with Gasteiger partial charge in [0.1, 0.15) is 0 Å². The van der Waals surface area contributed by atoms with Crippen molar-refractivity contribution >= 4 is 21.5 Å². The molecule has 4 nitrogen and oxygen atoms in total. The maximum Gasteiger partial charge on any atom is 0.256 e. The molecule has 0 aliphatic heterocycles. The van der Waals surface area contributed by atoms with Crippen LogP contribution in [0.25, 0.3) is 22.0 Å². The van der Waals surface area contributed by atoms with Crippen LogP contribution in [0, 0.1) is 0 Å². The van der Waals surface area contributed by atoms with Gasteiger partial charge in [0.05, 0.1) is 10.6 Å². The third kappa shape index (κ3) is 1.74. The zero-order chi connectivity index (χ0) is 14.6. The van der Waals surface area contributed by atoms with Gasteiger partial charge >= 0.3 is 0 Å². The molecular formula is C16H11NO3S. The van der Waals surface area contributed by atoms with Gasteiger partial charge in [0.25, 0.3) is 5.56 Å². The van der Waals surface area contributed by atoms with Crippen molar-refractivity contribution in [1.29, 1.82) is 0 Å². The highest BCUT2D eigenvalue weighted by atomic mass is 32.2. The molecule has 0 atom stereocenters. The van der Waals surface area contributed by atoms with Crippen LogP contribution in [0.3, 0.4) is 0 Å². The minimum Gasteiger partial charge on any atom is -0.321 e. The molecule has 0 spiro atoms. The molecule has 0 unspecified atom stereocenters. The molecule has 21 heavy (non-hydrogen) atoms. The molecule has 1 aromatic heterocycles. The number of thiol groups is 1. The van der Waals surface area contributed by atoms with E-state index in [0.717, 1.165) is 27.8 Å². The van der Waals surface area contributed by atoms with Gasteiger partial charge in [-0.3, -0.25) is 4.79 Å². The molecular weight excluding hydrogens is 286 g/mol. The van der Waals surface area contributed by atoms with Crippen molar-refractivity contribution in [3.05, 3.63) is 63.9 Å². The molecule has 0 saturated carbocycles. The number of fused-ring (bicyclic) bond motifs is 5. The van der Waals surface area contributed by atoms with E-state index in [1.807, 2.05) is 18.2 Å². The second kappa shape index (κ2) is 4.30. The van der Waals surface area contributed by atoms with Crippen LogP contribution in [0.15, 0.2) is 52.2 Å². The van der Waals surface area contributed by atoms with E-state index in [1.54, 1.807) is 24.3 Å². The third-order valence-electron chi connectivity index (χ3n) is 3.97. The monoisotopic (exact) mass is 297 g/mol. The normalized spacial score (nSPS) is 12.6. The summed E-state index contributed by atoms with van der Waals surface area (Å²) >= 11 is 0. The first-order chi connectivity index (χ1) is 10.1. The van der Waals surface area contributed by atoms with Crippen LogP contribution in [0.4, 0.5) is 0 Å². The van der Waals surface area contributed by atoms with E-state index in [0.29, 0.717) is 16.7 Å². The van der Waals surface area contributed by atoms with E-state index in [-0.39, 0.29) is 5.56 Å². The number of nitrogens with one attached hydrogen (secondary N) is 1. The van der Waals surface area contributed by atoms with Gasteiger partial charge in [-0.05, 0) is 34.7 Å². The maximum atomic E-state index is 12.2. The van der Waals surface area contributed by atoms with Gasteiger partial charge in [0.2, 0.25) is 0 Å². The number of H-pyrrole nitrogens is 1. The number of benzene rings is 2. The Balaban J connectivity index is 2.05. The summed E-state index contributed by atoms with van der Waals surface area (Å²) in [5.74, 6) is 0. The van der Waals surface area contributed by atoms with E-state index in [4.69, 9.17) is 0 Å². The van der Waals surface area contributed by atoms with Crippen molar-refractivity contribution in [2.24, 2.45) is 0 Å². The zero-order valence-corrected chi connectivity index (χ0v) is 11.8. The Bertz CT molecular complexity index is 1020. The molecule has 104 valence electrons. The fraction of sp³-hybridized carbons (Fsp3) is 0.0625. The highest BCUT2D eigenvalue weighted by Gasteiger charge is 2.22. The fourth-order valence-electron chi connectivity index (χ4n) is 3.02. The molecule has 2 aromatic carbocycles. The van der Waals surface area contributed by atoms with Gasteiger partial charge in [-0.1, -0.05) is 24.3 Å². The molecule has 0 amide bonds. The second-order valence-electron chi connectivity index (χ2n) is 5.13. The van der Waals surface area contributed by atoms with Crippen LogP contribution in [-0.4, -0.2) is 13.4 Å². The third-order valence-corrected chi connectivity index (χ3v) is 4.67. The van der Waals surface area contributed by atoms with Crippen molar-refractivity contribution in [2.45, 2.75) is 11.3 Å². The summed E-state index contributed by atoms with van der Waals surface area (Å²) in [6, 6.07) is 12.5. The number of hydrogen-bond acceptors (Lipinski definition) is 3. The minimum atomic E-state index is -2.59. The Morgan fingerprint density at radius 3 is 2.52 bits per heavy atom. The SMILES string of the molecule is O=c1[nH]c2c(c3ccccc13)Cc1cc([SH](=O)=O)ccc1-2. The predicted octanol–water partition coefficient (Wildman–Crippen LogP) is 2.07. The van der Waals surface area contributed by atoms with Crippen LogP contribution >= 0.6 is 0 Å². The molecule has 4 rings (SSSR count). The molecule has 1 heterocycles. The van der Waals surface area contributed by atoms with E-state index in [2.05, 4.69) is 4.98 Å². The van der Waals surface area contributed by atoms with Gasteiger partial charge in [-0.15, -0.1) is 0 Å². The Kier molecular flexibility index (Phi) is 2.53. The molecule has 0 saturated heterocycles. The maximum absolute atomic E-state index is 12.2. The van der Waals surface area contributed by atoms with Crippen molar-refractivity contribution in [3.8, 4) is 11.3 Å². The molecule has 3 aromatic rings. The van der Waals surface area contributed by atoms with E-state index < -0.39 is 10.7 Å². The average Bonchev–Trinajstić information content (AvgIpc) is 2.85. The van der Waals surface area contributed by atoms with Gasteiger partial charge in [-0.2, -0.15) is 0 Å². The molecule has 1 aliphatic carbocycles. The Labute approximate surface area is 122 Å². The first-order valence-electron chi connectivity index (χ1n) is 6.57. The lowest BCUT2D eigenvalue weighted by molar-refractivity contribution is 0.614. The average molecular weight is 297 g/mol. The van der Waals surface area contributed by atoms with Crippen LogP contribution in [0.2, 0.25) is 0 Å². The number of pyridine rings is 1. The highest BCUT2D eigenvalue weighted by Crippen LogP contribution is 2.38. The fourth-order valence-corrected chi connectivity index (χ4v) is 3.48. The minimum absolute atomic E-state index is 0.115. The molecule has 5 heteroatoms. The summed E-state index contributed by atoms with van der Waals surface area (Å²) in [4.78, 5) is 15.4. The largest absolute Gasteiger partial charge is 0.321 e. The van der Waals surface area contributed by atoms with Crippen LogP contribution in [-0.2, 0) is 17.1 Å². The van der Waals surface area contributed by atoms with E-state index in [9.17, 15) is 13.2 Å². The molecule has 0 bridgehead atoms. The quantitative estimate of drug-likeness (QED) is 0.529. The van der Waals surface area contributed by atoms with Crippen molar-refractivity contribution < 1.29 is 8.42 Å². The summed E-state index contributed by atoms with van der Waals surface area (Å²) in [6.45, 7) is 0. The summed E-state index contributed by atoms with van der Waals surface area (Å²) in [7, 11) is -2.59. The summed E-state index contributed by atoms with van der Waals surface area (Å²) in [5, 5.41) is 1.60. The van der Waals surface area contributed by atoms with E-state index in [1.165, 1.54) is 0 Å². The lowest BCUT2D eigenvalue weighted by Gasteiger charge is -2.04. The predicted molar refractivity (Wildman–Crippen MR) is 81.4 cm³/mol. The Morgan fingerprint density at radius 2 is 1.76 bits per heavy atom. The number of aromatic nitrogens is 1. The van der Waals surface area contributed by atoms with Crippen LogP contribution < -0.4 is 5.56 Å². The molecule has 1 aliphatic rings. The van der Waals surface area contributed by atoms with Gasteiger partial charge < -0.3 is 4.98 Å². The highest BCUT2D eigenvalue weighted by molar-refractivity contribution is 7.72. The Hall–Kier alpha value is -2.40. The lowest BCUT2D eigenvalue weighted by Crippen LogP contribution is -2.08. The molecule has 0 fully saturated rings. The smallest absolute Gasteiger partial charge is 0.256 e. The van der Waals surface area contributed by atoms with Crippen LogP contribution in [0.1, 0.15) is 11.1 Å². The number of aromatic amines is 1. The van der Waals surface area contributed by atoms with Gasteiger partial charge in [0, 0.05) is 17.4 Å². The molecule has 1 N–H and O–H groups in total. The first-order valence-corrected chi connectivity index (χ1v) is 7.74. The number of hydrogen-bond donors (Lipinski definition) is 2. The van der Waals surface area contributed by atoms with Crippen molar-refractivity contribution in [2.75, 3.05) is 0 Å². The first kappa shape index (κ1) is 12.3. The molecule has 0 radical (unpaired) electrons. The standard InChI is InChI=1S/C16H11NO3S/c18-16-13-4-2-1-3-12(13)14-8-9-7-10(21(19)20)5-6-11(9)15(14)17-16/h1-7,21H,8H2,(H,17,18). The summed E-state index contributed by atoms with van der Waals surface area (Å²) in [5.41, 5.74) is 3.60. The lowest BCUT2D eigenvalue weighted by atomic mass is 10.0. The summed E-state index contributed by atoms with van der Waals surface area (Å²) < 4.78 is 22.2. The summed E-state index contributed by atoms with van der Waals surface area (Å²) in [6.07, 6.45) is 0.638. The van der Waals surface area contributed by atoms with E-state index >= 15 is 0 Å². The van der Waals surface area contributed by atoms with Crippen molar-refractivity contribution in [1.82, 2.24) is 4.98 Å². The van der Waals surface area contributed by atoms with Gasteiger partial charge in [-0.25, -0.2) is 8.42 Å². The zero-order valence-electron chi connectivity index (χ0n) is 10.9.